The molecule has 4 N–H and O–H groups in total. The summed E-state index contributed by atoms with van der Waals surface area (Å²) < 4.78 is 10.8. The number of carbonyl (C=O) groups is 4. The van der Waals surface area contributed by atoms with Gasteiger partial charge in [0.1, 0.15) is 30.1 Å². The van der Waals surface area contributed by atoms with Crippen molar-refractivity contribution >= 4 is 29.8 Å². The molecule has 0 aliphatic carbocycles. The number of hydrogen-bond donors (Lipinski definition) is 4. The minimum atomic E-state index is -0.862. The van der Waals surface area contributed by atoms with Gasteiger partial charge in [-0.25, -0.2) is 9.59 Å². The number of likely N-dealkylation sites (tertiary alicyclic amines) is 1. The van der Waals surface area contributed by atoms with Gasteiger partial charge in [0.15, 0.2) is 0 Å². The second kappa shape index (κ2) is 15.9. The van der Waals surface area contributed by atoms with Gasteiger partial charge in [-0.15, -0.1) is 0 Å². The van der Waals surface area contributed by atoms with Crippen molar-refractivity contribution in [3.05, 3.63) is 107 Å². The highest BCUT2D eigenvalue weighted by Crippen LogP contribution is 2.32. The number of amides is 4. The third-order valence-electron chi connectivity index (χ3n) is 7.71. The number of benzene rings is 3. The topological polar surface area (TPSA) is 150 Å². The lowest BCUT2D eigenvalue weighted by Crippen LogP contribution is -2.57. The smallest absolute Gasteiger partial charge is 0.413 e. The van der Waals surface area contributed by atoms with Gasteiger partial charge in [0, 0.05) is 18.7 Å². The molecule has 11 nitrogen and oxygen atoms in total. The highest BCUT2D eigenvalue weighted by atomic mass is 16.6. The molecule has 4 amide bonds. The maximum absolute atomic E-state index is 13.5. The van der Waals surface area contributed by atoms with Crippen molar-refractivity contribution in [3.8, 4) is 0 Å². The number of alkyl carbamates (subject to hydrolysis) is 1. The molecular formula is C36H43N5O6. The molecule has 0 bridgehead atoms. The first kappa shape index (κ1) is 34.7. The van der Waals surface area contributed by atoms with Crippen molar-refractivity contribution in [2.24, 2.45) is 0 Å². The maximum atomic E-state index is 13.5. The van der Waals surface area contributed by atoms with Crippen LogP contribution in [-0.4, -0.2) is 59.0 Å². The van der Waals surface area contributed by atoms with E-state index in [2.05, 4.69) is 16.0 Å². The Morgan fingerprint density at radius 1 is 0.915 bits per heavy atom. The van der Waals surface area contributed by atoms with E-state index in [4.69, 9.17) is 14.9 Å². The number of carbonyl (C=O) groups excluding carboxylic acids is 4. The summed E-state index contributed by atoms with van der Waals surface area (Å²) in [5.41, 5.74) is 2.44. The zero-order chi connectivity index (χ0) is 34.0. The fourth-order valence-electron chi connectivity index (χ4n) is 5.22. The number of nitrogens with zero attached hydrogens (tertiary/aromatic N) is 1. The van der Waals surface area contributed by atoms with Crippen LogP contribution in [0, 0.1) is 5.41 Å². The van der Waals surface area contributed by atoms with Crippen LogP contribution in [0.4, 0.5) is 9.59 Å². The molecule has 3 aromatic carbocycles. The van der Waals surface area contributed by atoms with Gasteiger partial charge < -0.3 is 20.1 Å². The Labute approximate surface area is 275 Å². The lowest BCUT2D eigenvalue weighted by Gasteiger charge is -2.39. The van der Waals surface area contributed by atoms with Crippen molar-refractivity contribution < 1.29 is 28.7 Å². The van der Waals surface area contributed by atoms with Gasteiger partial charge in [-0.05, 0) is 63.1 Å². The summed E-state index contributed by atoms with van der Waals surface area (Å²) in [6.45, 7) is 7.56. The van der Waals surface area contributed by atoms with E-state index in [1.54, 1.807) is 52.0 Å². The van der Waals surface area contributed by atoms with Crippen molar-refractivity contribution in [2.75, 3.05) is 6.54 Å². The number of ether oxygens (including phenoxy) is 2. The fourth-order valence-corrected chi connectivity index (χ4v) is 5.22. The standard InChI is InChI=1S/C36H43N5O6/c1-24(39-33(43)30-21-29(27-13-9-6-10-14-27)19-20-41(30)35(45)47-36(2,3)4)32(42)38-22-25-15-17-28(18-16-25)31(37)40-34(44)46-23-26-11-7-5-8-12-26/h5-18,24,29-30H,19-23H2,1-4H3,(H,38,42)(H,39,43)(H2,37,40,44)/t24?,29-,30+/m0/s1. The van der Waals surface area contributed by atoms with Crippen molar-refractivity contribution in [1.82, 2.24) is 20.9 Å². The van der Waals surface area contributed by atoms with Crippen LogP contribution in [0.1, 0.15) is 68.7 Å². The van der Waals surface area contributed by atoms with Gasteiger partial charge in [-0.3, -0.25) is 25.2 Å². The fraction of sp³-hybridized carbons (Fsp3) is 0.361. The zero-order valence-corrected chi connectivity index (χ0v) is 27.2. The number of rotatable bonds is 9. The summed E-state index contributed by atoms with van der Waals surface area (Å²) in [6.07, 6.45) is -0.193. The van der Waals surface area contributed by atoms with Crippen LogP contribution in [0.2, 0.25) is 0 Å². The van der Waals surface area contributed by atoms with E-state index in [1.165, 1.54) is 4.90 Å². The molecule has 3 aromatic rings. The van der Waals surface area contributed by atoms with Gasteiger partial charge in [-0.1, -0.05) is 84.9 Å². The molecule has 4 rings (SSSR count). The summed E-state index contributed by atoms with van der Waals surface area (Å²) in [6, 6.07) is 24.2. The molecule has 1 unspecified atom stereocenters. The predicted octanol–water partition coefficient (Wildman–Crippen LogP) is 5.24. The third-order valence-corrected chi connectivity index (χ3v) is 7.71. The second-order valence-corrected chi connectivity index (χ2v) is 12.5. The Morgan fingerprint density at radius 2 is 1.55 bits per heavy atom. The molecule has 3 atom stereocenters. The minimum absolute atomic E-state index is 0.0781. The Hall–Kier alpha value is -5.19. The molecule has 1 saturated heterocycles. The molecule has 0 radical (unpaired) electrons. The number of nitrogens with one attached hydrogen (secondary N) is 4. The highest BCUT2D eigenvalue weighted by molar-refractivity contribution is 6.04. The summed E-state index contributed by atoms with van der Waals surface area (Å²) in [5.74, 6) is -0.851. The summed E-state index contributed by atoms with van der Waals surface area (Å²) in [5, 5.41) is 16.2. The van der Waals surface area contributed by atoms with Crippen LogP contribution in [0.25, 0.3) is 0 Å². The van der Waals surface area contributed by atoms with E-state index in [1.807, 2.05) is 60.7 Å². The number of hydrogen-bond acceptors (Lipinski definition) is 7. The van der Waals surface area contributed by atoms with Crippen molar-refractivity contribution in [2.45, 2.75) is 77.3 Å². The SMILES string of the molecule is CC(NC(=O)[C@H]1C[C@@H](c2ccccc2)CCN1C(=O)OC(C)(C)C)C(=O)NCc1ccc(C(=N)NC(=O)OCc2ccccc2)cc1. The maximum Gasteiger partial charge on any atom is 0.413 e. The van der Waals surface area contributed by atoms with Crippen molar-refractivity contribution in [1.29, 1.82) is 5.41 Å². The van der Waals surface area contributed by atoms with E-state index in [0.717, 1.165) is 16.7 Å². The molecule has 47 heavy (non-hydrogen) atoms. The lowest BCUT2D eigenvalue weighted by molar-refractivity contribution is -0.132. The molecule has 1 fully saturated rings. The average Bonchev–Trinajstić information content (AvgIpc) is 3.06. The normalized spacial score (nSPS) is 16.7. The van der Waals surface area contributed by atoms with Gasteiger partial charge in [-0.2, -0.15) is 0 Å². The van der Waals surface area contributed by atoms with Crippen LogP contribution in [0.5, 0.6) is 0 Å². The van der Waals surface area contributed by atoms with Crippen LogP contribution >= 0.6 is 0 Å². The van der Waals surface area contributed by atoms with E-state index in [0.29, 0.717) is 24.9 Å². The van der Waals surface area contributed by atoms with Crippen LogP contribution in [0.15, 0.2) is 84.9 Å². The molecule has 1 aliphatic rings. The van der Waals surface area contributed by atoms with E-state index < -0.39 is 41.7 Å². The van der Waals surface area contributed by atoms with Crippen molar-refractivity contribution in [3.63, 3.8) is 0 Å². The molecule has 1 aliphatic heterocycles. The zero-order valence-electron chi connectivity index (χ0n) is 27.2. The number of piperidine rings is 1. The molecule has 1 heterocycles. The minimum Gasteiger partial charge on any atom is -0.444 e. The van der Waals surface area contributed by atoms with Gasteiger partial charge >= 0.3 is 12.2 Å². The lowest BCUT2D eigenvalue weighted by atomic mass is 9.85. The third kappa shape index (κ3) is 10.4. The molecule has 0 saturated carbocycles. The molecule has 11 heteroatoms. The summed E-state index contributed by atoms with van der Waals surface area (Å²) >= 11 is 0. The molecule has 0 spiro atoms. The largest absolute Gasteiger partial charge is 0.444 e. The van der Waals surface area contributed by atoms with Gasteiger partial charge in [0.2, 0.25) is 11.8 Å². The first-order valence-electron chi connectivity index (χ1n) is 15.7. The molecule has 0 aromatic heterocycles. The monoisotopic (exact) mass is 641 g/mol. The quantitative estimate of drug-likeness (QED) is 0.185. The number of amidine groups is 1. The molecule has 248 valence electrons. The van der Waals surface area contributed by atoms with E-state index in [9.17, 15) is 19.2 Å². The predicted molar refractivity (Wildman–Crippen MR) is 178 cm³/mol. The first-order chi connectivity index (χ1) is 22.4. The molecular weight excluding hydrogens is 598 g/mol. The van der Waals surface area contributed by atoms with E-state index in [-0.39, 0.29) is 24.9 Å². The Morgan fingerprint density at radius 3 is 2.19 bits per heavy atom. The Kier molecular flexibility index (Phi) is 11.7. The average molecular weight is 642 g/mol. The summed E-state index contributed by atoms with van der Waals surface area (Å²) in [7, 11) is 0. The van der Waals surface area contributed by atoms with E-state index >= 15 is 0 Å². The van der Waals surface area contributed by atoms with Crippen LogP contribution < -0.4 is 16.0 Å². The first-order valence-corrected chi connectivity index (χ1v) is 15.7. The summed E-state index contributed by atoms with van der Waals surface area (Å²) in [4.78, 5) is 53.1. The Balaban J connectivity index is 1.29. The van der Waals surface area contributed by atoms with Crippen LogP contribution in [0.3, 0.4) is 0 Å². The Bertz CT molecular complexity index is 1540. The van der Waals surface area contributed by atoms with Gasteiger partial charge in [0.25, 0.3) is 0 Å². The second-order valence-electron chi connectivity index (χ2n) is 12.5. The van der Waals surface area contributed by atoms with Crippen LogP contribution in [-0.2, 0) is 32.2 Å². The highest BCUT2D eigenvalue weighted by Gasteiger charge is 2.39. The van der Waals surface area contributed by atoms with Gasteiger partial charge in [0.05, 0.1) is 0 Å².